The SMILES string of the molecule is CC(C)C1C(=O)NC(=O)N(Cc2ccc(F)cc2)C1=O. The van der Waals surface area contributed by atoms with E-state index in [2.05, 4.69) is 5.32 Å². The van der Waals surface area contributed by atoms with Crippen LogP contribution in [0.25, 0.3) is 0 Å². The van der Waals surface area contributed by atoms with Crippen molar-refractivity contribution >= 4 is 17.8 Å². The van der Waals surface area contributed by atoms with Gasteiger partial charge >= 0.3 is 6.03 Å². The summed E-state index contributed by atoms with van der Waals surface area (Å²) in [5.41, 5.74) is 0.617. The zero-order valence-corrected chi connectivity index (χ0v) is 11.2. The fourth-order valence-corrected chi connectivity index (χ4v) is 2.14. The molecule has 0 aliphatic carbocycles. The number of nitrogens with one attached hydrogen (secondary N) is 1. The molecule has 1 N–H and O–H groups in total. The van der Waals surface area contributed by atoms with Crippen LogP contribution in [0.5, 0.6) is 0 Å². The van der Waals surface area contributed by atoms with Crippen molar-refractivity contribution in [3.63, 3.8) is 0 Å². The van der Waals surface area contributed by atoms with Crippen molar-refractivity contribution in [2.75, 3.05) is 0 Å². The maximum absolute atomic E-state index is 12.8. The summed E-state index contributed by atoms with van der Waals surface area (Å²) in [6.07, 6.45) is 0. The van der Waals surface area contributed by atoms with Crippen molar-refractivity contribution in [1.29, 1.82) is 0 Å². The largest absolute Gasteiger partial charge is 0.331 e. The fraction of sp³-hybridized carbons (Fsp3) is 0.357. The lowest BCUT2D eigenvalue weighted by molar-refractivity contribution is -0.144. The van der Waals surface area contributed by atoms with Crippen LogP contribution in [0.4, 0.5) is 9.18 Å². The summed E-state index contributed by atoms with van der Waals surface area (Å²) in [6.45, 7) is 3.50. The minimum Gasteiger partial charge on any atom is -0.277 e. The van der Waals surface area contributed by atoms with E-state index in [-0.39, 0.29) is 12.5 Å². The van der Waals surface area contributed by atoms with Crippen molar-refractivity contribution in [3.05, 3.63) is 35.6 Å². The van der Waals surface area contributed by atoms with Gasteiger partial charge in [-0.1, -0.05) is 26.0 Å². The molecule has 1 fully saturated rings. The maximum atomic E-state index is 12.8. The van der Waals surface area contributed by atoms with Crippen LogP contribution in [0.3, 0.4) is 0 Å². The molecule has 1 aromatic rings. The van der Waals surface area contributed by atoms with Gasteiger partial charge in [0.05, 0.1) is 6.54 Å². The summed E-state index contributed by atoms with van der Waals surface area (Å²) in [6, 6.07) is 4.77. The maximum Gasteiger partial charge on any atom is 0.331 e. The van der Waals surface area contributed by atoms with Crippen molar-refractivity contribution in [1.82, 2.24) is 10.2 Å². The van der Waals surface area contributed by atoms with Crippen LogP contribution < -0.4 is 5.32 Å². The standard InChI is InChI=1S/C14H15FN2O3/c1-8(2)11-12(18)16-14(20)17(13(11)19)7-9-3-5-10(15)6-4-9/h3-6,8,11H,7H2,1-2H3,(H,16,18,20). The molecule has 1 aliphatic heterocycles. The van der Waals surface area contributed by atoms with E-state index in [0.717, 1.165) is 4.90 Å². The molecule has 0 spiro atoms. The molecule has 5 nitrogen and oxygen atoms in total. The van der Waals surface area contributed by atoms with Gasteiger partial charge in [0.1, 0.15) is 11.7 Å². The third kappa shape index (κ3) is 2.68. The van der Waals surface area contributed by atoms with Crippen molar-refractivity contribution in [3.8, 4) is 0 Å². The fourth-order valence-electron chi connectivity index (χ4n) is 2.14. The van der Waals surface area contributed by atoms with Gasteiger partial charge < -0.3 is 0 Å². The Hall–Kier alpha value is -2.24. The van der Waals surface area contributed by atoms with Gasteiger partial charge in [-0.3, -0.25) is 19.8 Å². The number of urea groups is 1. The number of hydrogen-bond acceptors (Lipinski definition) is 3. The first-order chi connectivity index (χ1) is 9.40. The second kappa shape index (κ2) is 5.40. The second-order valence-electron chi connectivity index (χ2n) is 5.07. The molecular weight excluding hydrogens is 263 g/mol. The van der Waals surface area contributed by atoms with Gasteiger partial charge in [0.15, 0.2) is 0 Å². The van der Waals surface area contributed by atoms with Crippen LogP contribution in [0.1, 0.15) is 19.4 Å². The smallest absolute Gasteiger partial charge is 0.277 e. The minimum absolute atomic E-state index is 0.0153. The first-order valence-corrected chi connectivity index (χ1v) is 6.31. The van der Waals surface area contributed by atoms with Crippen LogP contribution in [0.2, 0.25) is 0 Å². The highest BCUT2D eigenvalue weighted by atomic mass is 19.1. The monoisotopic (exact) mass is 278 g/mol. The molecule has 4 amide bonds. The van der Waals surface area contributed by atoms with E-state index in [9.17, 15) is 18.8 Å². The zero-order chi connectivity index (χ0) is 14.9. The molecule has 2 rings (SSSR count). The molecule has 0 bridgehead atoms. The lowest BCUT2D eigenvalue weighted by atomic mass is 9.92. The van der Waals surface area contributed by atoms with Crippen molar-refractivity contribution in [2.24, 2.45) is 11.8 Å². The highest BCUT2D eigenvalue weighted by molar-refractivity contribution is 6.16. The third-order valence-electron chi connectivity index (χ3n) is 3.21. The van der Waals surface area contributed by atoms with E-state index in [1.807, 2.05) is 0 Å². The number of barbiturate groups is 1. The number of benzene rings is 1. The lowest BCUT2D eigenvalue weighted by Gasteiger charge is -2.31. The molecule has 106 valence electrons. The summed E-state index contributed by atoms with van der Waals surface area (Å²) >= 11 is 0. The van der Waals surface area contributed by atoms with Gasteiger partial charge in [-0.2, -0.15) is 0 Å². The van der Waals surface area contributed by atoms with Crippen LogP contribution in [-0.2, 0) is 16.1 Å². The number of carbonyl (C=O) groups is 3. The van der Waals surface area contributed by atoms with Crippen LogP contribution in [-0.4, -0.2) is 22.7 Å². The van der Waals surface area contributed by atoms with Gasteiger partial charge in [0.2, 0.25) is 11.8 Å². The van der Waals surface area contributed by atoms with Crippen molar-refractivity contribution < 1.29 is 18.8 Å². The quantitative estimate of drug-likeness (QED) is 0.855. The highest BCUT2D eigenvalue weighted by Crippen LogP contribution is 2.20. The molecule has 6 heteroatoms. The molecule has 1 aromatic carbocycles. The molecular formula is C14H15FN2O3. The zero-order valence-electron chi connectivity index (χ0n) is 11.2. The highest BCUT2D eigenvalue weighted by Gasteiger charge is 2.41. The molecule has 20 heavy (non-hydrogen) atoms. The molecule has 1 heterocycles. The van der Waals surface area contributed by atoms with E-state index >= 15 is 0 Å². The normalized spacial score (nSPS) is 19.5. The van der Waals surface area contributed by atoms with E-state index in [1.165, 1.54) is 24.3 Å². The summed E-state index contributed by atoms with van der Waals surface area (Å²) < 4.78 is 12.8. The molecule has 1 unspecified atom stereocenters. The summed E-state index contributed by atoms with van der Waals surface area (Å²) in [7, 11) is 0. The summed E-state index contributed by atoms with van der Waals surface area (Å²) in [5, 5.41) is 2.18. The summed E-state index contributed by atoms with van der Waals surface area (Å²) in [4.78, 5) is 36.6. The molecule has 0 radical (unpaired) electrons. The first kappa shape index (κ1) is 14.2. The Kier molecular flexibility index (Phi) is 3.83. The minimum atomic E-state index is -0.867. The number of imide groups is 2. The molecule has 0 aromatic heterocycles. The van der Waals surface area contributed by atoms with Gasteiger partial charge in [-0.15, -0.1) is 0 Å². The van der Waals surface area contributed by atoms with Gasteiger partial charge in [0.25, 0.3) is 0 Å². The molecule has 1 aliphatic rings. The van der Waals surface area contributed by atoms with Crippen LogP contribution in [0.15, 0.2) is 24.3 Å². The number of carbonyl (C=O) groups excluding carboxylic acids is 3. The Morgan fingerprint density at radius 1 is 1.20 bits per heavy atom. The predicted molar refractivity (Wildman–Crippen MR) is 68.8 cm³/mol. The van der Waals surface area contributed by atoms with E-state index < -0.39 is 29.6 Å². The number of rotatable bonds is 3. The summed E-state index contributed by atoms with van der Waals surface area (Å²) in [5.74, 6) is -2.54. The third-order valence-corrected chi connectivity index (χ3v) is 3.21. The topological polar surface area (TPSA) is 66.5 Å². The van der Waals surface area contributed by atoms with Gasteiger partial charge in [-0.05, 0) is 23.6 Å². The Labute approximate surface area is 115 Å². The predicted octanol–water partition coefficient (Wildman–Crippen LogP) is 1.68. The second-order valence-corrected chi connectivity index (χ2v) is 5.07. The van der Waals surface area contributed by atoms with Gasteiger partial charge in [0, 0.05) is 0 Å². The number of nitrogens with zero attached hydrogens (tertiary/aromatic N) is 1. The average molecular weight is 278 g/mol. The first-order valence-electron chi connectivity index (χ1n) is 6.31. The number of halogens is 1. The number of amides is 4. The van der Waals surface area contributed by atoms with Gasteiger partial charge in [-0.25, -0.2) is 9.18 Å². The van der Waals surface area contributed by atoms with Crippen molar-refractivity contribution in [2.45, 2.75) is 20.4 Å². The van der Waals surface area contributed by atoms with Crippen LogP contribution >= 0.6 is 0 Å². The lowest BCUT2D eigenvalue weighted by Crippen LogP contribution is -2.58. The molecule has 1 atom stereocenters. The van der Waals surface area contributed by atoms with E-state index in [0.29, 0.717) is 5.56 Å². The van der Waals surface area contributed by atoms with E-state index in [4.69, 9.17) is 0 Å². The Morgan fingerprint density at radius 2 is 1.80 bits per heavy atom. The van der Waals surface area contributed by atoms with Crippen LogP contribution in [0, 0.1) is 17.7 Å². The Morgan fingerprint density at radius 3 is 2.35 bits per heavy atom. The number of hydrogen-bond donors (Lipinski definition) is 1. The Bertz CT molecular complexity index is 554. The molecule has 1 saturated heterocycles. The average Bonchev–Trinajstić information content (AvgIpc) is 2.36. The molecule has 0 saturated carbocycles. The Balaban J connectivity index is 2.21. The van der Waals surface area contributed by atoms with E-state index in [1.54, 1.807) is 13.8 Å².